The van der Waals surface area contributed by atoms with Crippen molar-refractivity contribution in [3.05, 3.63) is 69.2 Å². The van der Waals surface area contributed by atoms with E-state index >= 15 is 0 Å². The molecule has 0 aliphatic carbocycles. The Morgan fingerprint density at radius 3 is 2.68 bits per heavy atom. The predicted molar refractivity (Wildman–Crippen MR) is 104 cm³/mol. The molecule has 162 valence electrons. The fourth-order valence-corrected chi connectivity index (χ4v) is 3.90. The molecule has 3 aromatic rings. The number of hydrogen-bond donors (Lipinski definition) is 0. The number of aryl methyl sites for hydroxylation is 1. The number of carbonyl (C=O) groups is 1. The van der Waals surface area contributed by atoms with Gasteiger partial charge in [-0.15, -0.1) is 10.2 Å². The second-order valence-electron chi connectivity index (χ2n) is 7.55. The van der Waals surface area contributed by atoms with E-state index in [1.54, 1.807) is 11.8 Å². The molecule has 1 aromatic carbocycles. The van der Waals surface area contributed by atoms with Crippen molar-refractivity contribution in [1.82, 2.24) is 19.5 Å². The summed E-state index contributed by atoms with van der Waals surface area (Å²) in [6.07, 6.45) is -2.21. The zero-order chi connectivity index (χ0) is 22.3. The van der Waals surface area contributed by atoms with E-state index in [1.165, 1.54) is 28.7 Å². The molecule has 0 saturated carbocycles. The highest BCUT2D eigenvalue weighted by molar-refractivity contribution is 5.94. The van der Waals surface area contributed by atoms with Crippen LogP contribution in [-0.4, -0.2) is 43.4 Å². The highest BCUT2D eigenvalue weighted by atomic mass is 19.4. The van der Waals surface area contributed by atoms with Crippen molar-refractivity contribution in [3.63, 3.8) is 0 Å². The molecular formula is C20H18F3N5O3. The largest absolute Gasteiger partial charge is 0.417 e. The van der Waals surface area contributed by atoms with E-state index in [4.69, 9.17) is 0 Å². The van der Waals surface area contributed by atoms with Gasteiger partial charge >= 0.3 is 6.18 Å². The monoisotopic (exact) mass is 433 g/mol. The number of halogens is 3. The Balaban J connectivity index is 1.60. The van der Waals surface area contributed by atoms with Gasteiger partial charge in [0.05, 0.1) is 10.5 Å². The number of rotatable bonds is 3. The van der Waals surface area contributed by atoms with Gasteiger partial charge in [-0.25, -0.2) is 0 Å². The van der Waals surface area contributed by atoms with Crippen molar-refractivity contribution < 1.29 is 22.9 Å². The predicted octanol–water partition coefficient (Wildman–Crippen LogP) is 3.98. The minimum Gasteiger partial charge on any atom is -0.338 e. The summed E-state index contributed by atoms with van der Waals surface area (Å²) in [7, 11) is 0. The molecule has 1 fully saturated rings. The van der Waals surface area contributed by atoms with E-state index in [9.17, 15) is 28.1 Å². The molecule has 1 unspecified atom stereocenters. The van der Waals surface area contributed by atoms with Gasteiger partial charge in [-0.2, -0.15) is 13.2 Å². The zero-order valence-corrected chi connectivity index (χ0v) is 16.5. The number of fused-ring (bicyclic) bond motifs is 1. The third-order valence-electron chi connectivity index (χ3n) is 5.47. The first-order valence-electron chi connectivity index (χ1n) is 9.61. The standard InChI is InChI=1S/C20H18F3N5O3/c1-12-9-13(4-6-16(12)28(30)31)19(29)26-8-2-3-14(10-26)18-25-24-17-7-5-15(11-27(17)18)20(21,22)23/h4-7,9,11,14H,2-3,8,10H2,1H3. The maximum absolute atomic E-state index is 13.1. The number of nitrogens with zero attached hydrogens (tertiary/aromatic N) is 5. The van der Waals surface area contributed by atoms with Crippen LogP contribution >= 0.6 is 0 Å². The first kappa shape index (κ1) is 20.8. The normalized spacial score (nSPS) is 17.2. The fraction of sp³-hybridized carbons (Fsp3) is 0.350. The second kappa shape index (κ2) is 7.64. The molecule has 8 nitrogen and oxygen atoms in total. The van der Waals surface area contributed by atoms with Crippen molar-refractivity contribution in [2.75, 3.05) is 13.1 Å². The lowest BCUT2D eigenvalue weighted by Gasteiger charge is -2.32. The molecule has 1 atom stereocenters. The molecule has 4 rings (SSSR count). The average Bonchev–Trinajstić information content (AvgIpc) is 3.15. The van der Waals surface area contributed by atoms with Gasteiger partial charge in [0.1, 0.15) is 5.82 Å². The lowest BCUT2D eigenvalue weighted by Crippen LogP contribution is -2.39. The van der Waals surface area contributed by atoms with Gasteiger partial charge in [0, 0.05) is 42.4 Å². The number of hydrogen-bond acceptors (Lipinski definition) is 5. The van der Waals surface area contributed by atoms with Crippen molar-refractivity contribution in [3.8, 4) is 0 Å². The Morgan fingerprint density at radius 2 is 2.00 bits per heavy atom. The van der Waals surface area contributed by atoms with Gasteiger partial charge in [-0.3, -0.25) is 19.3 Å². The molecule has 1 saturated heterocycles. The van der Waals surface area contributed by atoms with E-state index < -0.39 is 16.7 Å². The van der Waals surface area contributed by atoms with Crippen molar-refractivity contribution >= 4 is 17.2 Å². The van der Waals surface area contributed by atoms with E-state index in [0.717, 1.165) is 12.3 Å². The molecule has 11 heteroatoms. The van der Waals surface area contributed by atoms with Gasteiger partial charge in [-0.05, 0) is 44.0 Å². The molecule has 2 aromatic heterocycles. The Hall–Kier alpha value is -3.50. The van der Waals surface area contributed by atoms with Crippen molar-refractivity contribution in [1.29, 1.82) is 0 Å². The van der Waals surface area contributed by atoms with Gasteiger partial charge < -0.3 is 4.90 Å². The number of aromatic nitrogens is 3. The van der Waals surface area contributed by atoms with Crippen LogP contribution in [0.5, 0.6) is 0 Å². The fourth-order valence-electron chi connectivity index (χ4n) is 3.90. The Kier molecular flexibility index (Phi) is 5.11. The topological polar surface area (TPSA) is 93.6 Å². The molecule has 0 N–H and O–H groups in total. The number of benzene rings is 1. The van der Waals surface area contributed by atoms with Crippen LogP contribution in [0.25, 0.3) is 5.65 Å². The summed E-state index contributed by atoms with van der Waals surface area (Å²) in [4.78, 5) is 25.1. The highest BCUT2D eigenvalue weighted by Crippen LogP contribution is 2.32. The number of carbonyl (C=O) groups excluding carboxylic acids is 1. The van der Waals surface area contributed by atoms with Gasteiger partial charge in [0.2, 0.25) is 0 Å². The minimum atomic E-state index is -4.49. The highest BCUT2D eigenvalue weighted by Gasteiger charge is 2.33. The third kappa shape index (κ3) is 3.94. The third-order valence-corrected chi connectivity index (χ3v) is 5.47. The summed E-state index contributed by atoms with van der Waals surface area (Å²) >= 11 is 0. The van der Waals surface area contributed by atoms with Crippen LogP contribution in [0, 0.1) is 17.0 Å². The number of likely N-dealkylation sites (tertiary alicyclic amines) is 1. The van der Waals surface area contributed by atoms with Crippen LogP contribution in [0.1, 0.15) is 46.1 Å². The molecule has 0 bridgehead atoms. The van der Waals surface area contributed by atoms with Crippen LogP contribution in [0.15, 0.2) is 36.5 Å². The van der Waals surface area contributed by atoms with Crippen LogP contribution in [0.3, 0.4) is 0 Å². The van der Waals surface area contributed by atoms with Crippen molar-refractivity contribution in [2.45, 2.75) is 31.9 Å². The molecule has 3 heterocycles. The number of nitro groups is 1. The summed E-state index contributed by atoms with van der Waals surface area (Å²) in [5.41, 5.74) is 0.147. The number of piperidine rings is 1. The van der Waals surface area contributed by atoms with Gasteiger partial charge in [-0.1, -0.05) is 0 Å². The van der Waals surface area contributed by atoms with Crippen LogP contribution < -0.4 is 0 Å². The van der Waals surface area contributed by atoms with Crippen LogP contribution in [0.4, 0.5) is 18.9 Å². The smallest absolute Gasteiger partial charge is 0.338 e. The summed E-state index contributed by atoms with van der Waals surface area (Å²) in [6.45, 7) is 2.32. The minimum absolute atomic E-state index is 0.0662. The summed E-state index contributed by atoms with van der Waals surface area (Å²) in [5.74, 6) is -0.193. The molecule has 31 heavy (non-hydrogen) atoms. The van der Waals surface area contributed by atoms with E-state index in [1.807, 2.05) is 0 Å². The Morgan fingerprint density at radius 1 is 1.23 bits per heavy atom. The molecule has 1 aliphatic heterocycles. The number of amides is 1. The lowest BCUT2D eigenvalue weighted by atomic mass is 9.96. The average molecular weight is 433 g/mol. The van der Waals surface area contributed by atoms with E-state index in [0.29, 0.717) is 42.0 Å². The molecule has 1 amide bonds. The second-order valence-corrected chi connectivity index (χ2v) is 7.55. The lowest BCUT2D eigenvalue weighted by molar-refractivity contribution is -0.385. The summed E-state index contributed by atoms with van der Waals surface area (Å²) < 4.78 is 40.7. The van der Waals surface area contributed by atoms with Crippen LogP contribution in [0.2, 0.25) is 0 Å². The first-order valence-corrected chi connectivity index (χ1v) is 9.61. The molecule has 0 spiro atoms. The quantitative estimate of drug-likeness (QED) is 0.460. The zero-order valence-electron chi connectivity index (χ0n) is 16.5. The summed E-state index contributed by atoms with van der Waals surface area (Å²) in [5, 5.41) is 19.0. The molecular weight excluding hydrogens is 415 g/mol. The molecule has 0 radical (unpaired) electrons. The van der Waals surface area contributed by atoms with Gasteiger partial charge in [0.25, 0.3) is 11.6 Å². The number of nitro benzene ring substituents is 1. The van der Waals surface area contributed by atoms with Gasteiger partial charge in [0.15, 0.2) is 5.65 Å². The van der Waals surface area contributed by atoms with E-state index in [2.05, 4.69) is 10.2 Å². The number of alkyl halides is 3. The number of pyridine rings is 1. The SMILES string of the molecule is Cc1cc(C(=O)N2CCCC(c3nnc4ccc(C(F)(F)F)cn34)C2)ccc1[N+](=O)[O-]. The Bertz CT molecular complexity index is 1170. The summed E-state index contributed by atoms with van der Waals surface area (Å²) in [6, 6.07) is 6.42. The maximum Gasteiger partial charge on any atom is 0.417 e. The van der Waals surface area contributed by atoms with Crippen molar-refractivity contribution in [2.24, 2.45) is 0 Å². The Labute approximate surface area is 174 Å². The first-order chi connectivity index (χ1) is 14.6. The van der Waals surface area contributed by atoms with Crippen LogP contribution in [-0.2, 0) is 6.18 Å². The maximum atomic E-state index is 13.1. The molecule has 1 aliphatic rings. The van der Waals surface area contributed by atoms with E-state index in [-0.39, 0.29) is 24.1 Å².